The van der Waals surface area contributed by atoms with Gasteiger partial charge in [-0.3, -0.25) is 25.6 Å². The molecule has 3 aromatic carbocycles. The van der Waals surface area contributed by atoms with Crippen molar-refractivity contribution in [3.63, 3.8) is 0 Å². The van der Waals surface area contributed by atoms with E-state index >= 15 is 0 Å². The van der Waals surface area contributed by atoms with Gasteiger partial charge in [0, 0.05) is 47.8 Å². The molecule has 1 heterocycles. The van der Waals surface area contributed by atoms with E-state index in [1.54, 1.807) is 12.1 Å². The Kier molecular flexibility index (Phi) is 17.7. The van der Waals surface area contributed by atoms with Crippen LogP contribution < -0.4 is 5.32 Å². The molecule has 4 rings (SSSR count). The molecular formula is C41H53FN4O11. The van der Waals surface area contributed by atoms with Crippen molar-refractivity contribution < 1.29 is 59.4 Å². The van der Waals surface area contributed by atoms with Crippen LogP contribution >= 0.6 is 0 Å². The number of carbonyl (C=O) groups excluding carboxylic acids is 1. The van der Waals surface area contributed by atoms with Crippen molar-refractivity contribution in [3.05, 3.63) is 109 Å². The van der Waals surface area contributed by atoms with Crippen LogP contribution in [-0.4, -0.2) is 96.6 Å². The van der Waals surface area contributed by atoms with E-state index < -0.39 is 41.2 Å². The lowest BCUT2D eigenvalue weighted by molar-refractivity contribution is -0.538. The summed E-state index contributed by atoms with van der Waals surface area (Å²) in [6.07, 6.45) is -4.36. The van der Waals surface area contributed by atoms with Gasteiger partial charge in [0.2, 0.25) is 0 Å². The molecule has 4 unspecified atom stereocenters. The molecule has 1 aromatic heterocycles. The van der Waals surface area contributed by atoms with Crippen LogP contribution in [0.15, 0.2) is 91.5 Å². The number of esters is 1. The smallest absolute Gasteiger partial charge is 0.308 e. The lowest BCUT2D eigenvalue weighted by Crippen LogP contribution is -2.40. The van der Waals surface area contributed by atoms with Crippen LogP contribution in [0.2, 0.25) is 0 Å². The summed E-state index contributed by atoms with van der Waals surface area (Å²) < 4.78 is 27.0. The zero-order chi connectivity index (χ0) is 41.5. The molecular weight excluding hydrogens is 743 g/mol. The maximum atomic E-state index is 14.2. The van der Waals surface area contributed by atoms with Gasteiger partial charge in [-0.05, 0) is 73.2 Å². The first-order chi connectivity index (χ1) is 27.2. The third-order valence-corrected chi connectivity index (χ3v) is 9.03. The second kappa shape index (κ2) is 22.4. The third-order valence-electron chi connectivity index (χ3n) is 9.03. The topological polar surface area (TPSA) is 199 Å². The molecule has 15 nitrogen and oxygen atoms in total. The summed E-state index contributed by atoms with van der Waals surface area (Å²) in [5.41, 5.74) is 6.82. The van der Waals surface area contributed by atoms with Crippen molar-refractivity contribution in [2.24, 2.45) is 0 Å². The van der Waals surface area contributed by atoms with Gasteiger partial charge in [0.25, 0.3) is 0 Å². The zero-order valence-electron chi connectivity index (χ0n) is 32.3. The SMILES string of the molecule is C=C(Nc1ccccc1)c1c(-c2ccccc2)c(-c2ccc(F)cc2)n(CCC(O)CC(O)CC(=O)OCCCOCC(ON(O)O)C(C)ON(O)O)c1C(C)C. The summed E-state index contributed by atoms with van der Waals surface area (Å²) in [4.78, 5) is 21.7. The highest BCUT2D eigenvalue weighted by Gasteiger charge is 2.29. The van der Waals surface area contributed by atoms with Gasteiger partial charge < -0.3 is 29.6 Å². The number of aliphatic hydroxyl groups is 2. The second-order valence-corrected chi connectivity index (χ2v) is 13.8. The van der Waals surface area contributed by atoms with Crippen LogP contribution in [0.1, 0.15) is 63.6 Å². The minimum Gasteiger partial charge on any atom is -0.466 e. The Labute approximate surface area is 331 Å². The number of aliphatic hydroxyl groups excluding tert-OH is 2. The van der Waals surface area contributed by atoms with Crippen molar-refractivity contribution >= 4 is 17.4 Å². The summed E-state index contributed by atoms with van der Waals surface area (Å²) in [5, 5.41) is 59.7. The van der Waals surface area contributed by atoms with Gasteiger partial charge in [0.05, 0.1) is 48.3 Å². The summed E-state index contributed by atoms with van der Waals surface area (Å²) in [5.74, 6) is -1.05. The zero-order valence-corrected chi connectivity index (χ0v) is 32.3. The predicted octanol–water partition coefficient (Wildman–Crippen LogP) is 6.79. The molecule has 7 N–H and O–H groups in total. The summed E-state index contributed by atoms with van der Waals surface area (Å²) in [7, 11) is 0. The fourth-order valence-electron chi connectivity index (χ4n) is 6.51. The van der Waals surface area contributed by atoms with Crippen LogP contribution in [0.3, 0.4) is 0 Å². The molecule has 0 amide bonds. The summed E-state index contributed by atoms with van der Waals surface area (Å²) in [6, 6.07) is 25.9. The van der Waals surface area contributed by atoms with E-state index in [2.05, 4.69) is 40.0 Å². The number of nitrogens with one attached hydrogen (secondary N) is 1. The van der Waals surface area contributed by atoms with Crippen LogP contribution in [0.5, 0.6) is 0 Å². The van der Waals surface area contributed by atoms with Crippen LogP contribution in [0, 0.1) is 5.82 Å². The van der Waals surface area contributed by atoms with Crippen molar-refractivity contribution in [1.82, 2.24) is 15.3 Å². The first-order valence-corrected chi connectivity index (χ1v) is 18.6. The van der Waals surface area contributed by atoms with Crippen LogP contribution in [0.4, 0.5) is 10.1 Å². The van der Waals surface area contributed by atoms with E-state index in [-0.39, 0.29) is 57.2 Å². The molecule has 0 fully saturated rings. The predicted molar refractivity (Wildman–Crippen MR) is 207 cm³/mol. The van der Waals surface area contributed by atoms with Crippen molar-refractivity contribution in [3.8, 4) is 22.4 Å². The fourth-order valence-corrected chi connectivity index (χ4v) is 6.51. The Morgan fingerprint density at radius 1 is 0.842 bits per heavy atom. The number of para-hydroxylation sites is 1. The summed E-state index contributed by atoms with van der Waals surface area (Å²) in [6.45, 7) is 10.1. The maximum Gasteiger partial charge on any atom is 0.308 e. The highest BCUT2D eigenvalue weighted by atomic mass is 19.1. The molecule has 4 aromatic rings. The number of rotatable bonds is 24. The number of aromatic nitrogens is 1. The van der Waals surface area contributed by atoms with Gasteiger partial charge in [-0.1, -0.05) is 69.0 Å². The minimum absolute atomic E-state index is 0.00819. The molecule has 0 radical (unpaired) electrons. The first-order valence-electron chi connectivity index (χ1n) is 18.6. The van der Waals surface area contributed by atoms with Crippen LogP contribution in [0.25, 0.3) is 28.1 Å². The fraction of sp³-hybridized carbons (Fsp3) is 0.390. The number of benzene rings is 3. The van der Waals surface area contributed by atoms with Crippen molar-refractivity contribution in [1.29, 1.82) is 0 Å². The number of ether oxygens (including phenoxy) is 2. The minimum atomic E-state index is -1.18. The Hall–Kier alpha value is -4.56. The average molecular weight is 797 g/mol. The Balaban J connectivity index is 1.44. The van der Waals surface area contributed by atoms with Gasteiger partial charge in [-0.2, -0.15) is 0 Å². The Morgan fingerprint density at radius 2 is 1.47 bits per heavy atom. The molecule has 0 aliphatic rings. The largest absolute Gasteiger partial charge is 0.466 e. The standard InChI is InChI=1S/C41H53FN4O11/c1-27(2)40-38(28(3)43-33-14-9-6-10-15-33)39(30-12-7-5-8-13-30)41(31-16-18-32(42)19-17-31)44(40)21-20-34(47)24-35(48)25-37(49)55-23-11-22-54-26-36(57-46(52)53)29(4)56-45(50)51/h5-10,12-19,27,29,34-36,43,47-48,50-53H,3,11,20-26H2,1-2,4H3. The second-order valence-electron chi connectivity index (χ2n) is 13.8. The maximum absolute atomic E-state index is 14.2. The van der Waals surface area contributed by atoms with E-state index in [0.717, 1.165) is 39.3 Å². The molecule has 0 aliphatic carbocycles. The molecule has 0 spiro atoms. The molecule has 0 aliphatic heterocycles. The van der Waals surface area contributed by atoms with Gasteiger partial charge in [0.1, 0.15) is 18.0 Å². The van der Waals surface area contributed by atoms with E-state index in [1.807, 2.05) is 60.7 Å². The lowest BCUT2D eigenvalue weighted by Gasteiger charge is -2.24. The van der Waals surface area contributed by atoms with E-state index in [4.69, 9.17) is 30.3 Å². The molecule has 4 atom stereocenters. The Bertz CT molecular complexity index is 1830. The third kappa shape index (κ3) is 13.8. The molecule has 0 saturated heterocycles. The molecule has 0 saturated carbocycles. The lowest BCUT2D eigenvalue weighted by atomic mass is 9.93. The van der Waals surface area contributed by atoms with Crippen molar-refractivity contribution in [2.75, 3.05) is 25.1 Å². The Morgan fingerprint density at radius 3 is 2.09 bits per heavy atom. The first kappa shape index (κ1) is 45.1. The number of carbonyl (C=O) groups is 1. The van der Waals surface area contributed by atoms with E-state index in [1.165, 1.54) is 19.1 Å². The van der Waals surface area contributed by atoms with Gasteiger partial charge in [-0.15, -0.1) is 0 Å². The number of anilines is 1. The molecule has 57 heavy (non-hydrogen) atoms. The molecule has 310 valence electrons. The highest BCUT2D eigenvalue weighted by Crippen LogP contribution is 2.45. The van der Waals surface area contributed by atoms with Crippen molar-refractivity contribution in [2.45, 2.75) is 83.3 Å². The number of nitrogens with zero attached hydrogens (tertiary/aromatic N) is 3. The highest BCUT2D eigenvalue weighted by molar-refractivity contribution is 5.95. The average Bonchev–Trinajstić information content (AvgIpc) is 3.51. The monoisotopic (exact) mass is 796 g/mol. The van der Waals surface area contributed by atoms with Crippen LogP contribution in [-0.2, 0) is 30.5 Å². The molecule has 0 bridgehead atoms. The van der Waals surface area contributed by atoms with E-state index in [0.29, 0.717) is 12.2 Å². The summed E-state index contributed by atoms with van der Waals surface area (Å²) >= 11 is 0. The molecule has 16 heteroatoms. The number of halogens is 1. The van der Waals surface area contributed by atoms with Gasteiger partial charge >= 0.3 is 5.97 Å². The van der Waals surface area contributed by atoms with E-state index in [9.17, 15) is 19.4 Å². The van der Waals surface area contributed by atoms with Gasteiger partial charge in [0.15, 0.2) is 0 Å². The van der Waals surface area contributed by atoms with Gasteiger partial charge in [-0.25, -0.2) is 14.1 Å². The number of hydrogen-bond acceptors (Lipinski definition) is 14. The normalized spacial score (nSPS) is 13.8. The quantitative estimate of drug-likeness (QED) is 0.0222. The number of hydrogen-bond donors (Lipinski definition) is 7.